The maximum absolute atomic E-state index is 10.6. The Balaban J connectivity index is 2.35. The van der Waals surface area contributed by atoms with Crippen molar-refractivity contribution in [3.8, 4) is 0 Å². The number of carbonyl (C=O) groups excluding carboxylic acids is 1. The predicted octanol–water partition coefficient (Wildman–Crippen LogP) is 0.521. The van der Waals surface area contributed by atoms with Crippen molar-refractivity contribution < 1.29 is 14.3 Å². The van der Waals surface area contributed by atoms with Crippen molar-refractivity contribution >= 4 is 6.09 Å². The minimum absolute atomic E-state index is 0.330. The fourth-order valence-electron chi connectivity index (χ4n) is 1.01. The first-order chi connectivity index (χ1) is 5.16. The summed E-state index contributed by atoms with van der Waals surface area (Å²) in [5.41, 5.74) is -0.368. The molecule has 0 aromatic rings. The average Bonchev–Trinajstić information content (AvgIpc) is 2.28. The highest BCUT2D eigenvalue weighted by Gasteiger charge is 2.34. The Kier molecular flexibility index (Phi) is 2.34. The van der Waals surface area contributed by atoms with Gasteiger partial charge in [0.1, 0.15) is 5.60 Å². The van der Waals surface area contributed by atoms with Gasteiger partial charge in [-0.25, -0.2) is 4.79 Å². The lowest BCUT2D eigenvalue weighted by Gasteiger charge is -2.19. The van der Waals surface area contributed by atoms with Crippen LogP contribution in [-0.4, -0.2) is 32.0 Å². The third kappa shape index (κ3) is 2.08. The molecule has 1 aliphatic heterocycles. The lowest BCUT2D eigenvalue weighted by Crippen LogP contribution is -2.30. The Morgan fingerprint density at radius 1 is 1.82 bits per heavy atom. The summed E-state index contributed by atoms with van der Waals surface area (Å²) in [6.45, 7) is 3.09. The second-order valence-electron chi connectivity index (χ2n) is 2.94. The van der Waals surface area contributed by atoms with E-state index in [2.05, 4.69) is 5.32 Å². The van der Waals surface area contributed by atoms with E-state index in [0.717, 1.165) is 6.42 Å². The minimum Gasteiger partial charge on any atom is -0.441 e. The normalized spacial score (nSPS) is 29.8. The fourth-order valence-corrected chi connectivity index (χ4v) is 1.01. The zero-order valence-corrected chi connectivity index (χ0v) is 6.85. The van der Waals surface area contributed by atoms with Gasteiger partial charge in [0.25, 0.3) is 0 Å². The Hall–Kier alpha value is -0.770. The molecule has 4 nitrogen and oxygen atoms in total. The molecule has 0 aliphatic carbocycles. The number of cyclic esters (lactones) is 1. The van der Waals surface area contributed by atoms with E-state index in [1.165, 1.54) is 0 Å². The molecular formula is C7H13NO3. The van der Waals surface area contributed by atoms with Gasteiger partial charge < -0.3 is 14.8 Å². The van der Waals surface area contributed by atoms with Gasteiger partial charge in [-0.15, -0.1) is 0 Å². The largest absolute Gasteiger partial charge is 0.441 e. The Labute approximate surface area is 65.9 Å². The lowest BCUT2D eigenvalue weighted by atomic mass is 10.0. The second kappa shape index (κ2) is 3.09. The molecule has 0 radical (unpaired) electrons. The molecule has 1 amide bonds. The van der Waals surface area contributed by atoms with Crippen molar-refractivity contribution in [1.29, 1.82) is 0 Å². The van der Waals surface area contributed by atoms with Crippen molar-refractivity contribution in [2.24, 2.45) is 0 Å². The van der Waals surface area contributed by atoms with Crippen molar-refractivity contribution in [2.45, 2.75) is 18.9 Å². The number of rotatable bonds is 3. The molecule has 1 saturated heterocycles. The Morgan fingerprint density at radius 2 is 2.55 bits per heavy atom. The first-order valence-corrected chi connectivity index (χ1v) is 3.62. The van der Waals surface area contributed by atoms with Crippen LogP contribution >= 0.6 is 0 Å². The third-order valence-electron chi connectivity index (χ3n) is 1.78. The van der Waals surface area contributed by atoms with E-state index in [1.54, 1.807) is 7.11 Å². The number of hydrogen-bond donors (Lipinski definition) is 1. The zero-order chi connectivity index (χ0) is 8.32. The summed E-state index contributed by atoms with van der Waals surface area (Å²) in [7, 11) is 1.63. The SMILES string of the molecule is COCCC1(C)CNC(=O)O1. The first kappa shape index (κ1) is 8.33. The maximum atomic E-state index is 10.6. The number of carbonyl (C=O) groups is 1. The van der Waals surface area contributed by atoms with Crippen LogP contribution in [-0.2, 0) is 9.47 Å². The van der Waals surface area contributed by atoms with E-state index in [4.69, 9.17) is 9.47 Å². The summed E-state index contributed by atoms with van der Waals surface area (Å²) in [5, 5.41) is 2.60. The highest BCUT2D eigenvalue weighted by atomic mass is 16.6. The van der Waals surface area contributed by atoms with E-state index in [1.807, 2.05) is 6.92 Å². The number of nitrogens with one attached hydrogen (secondary N) is 1. The molecule has 1 heterocycles. The van der Waals surface area contributed by atoms with Crippen LogP contribution in [0.25, 0.3) is 0 Å². The molecule has 1 aliphatic rings. The number of amides is 1. The van der Waals surface area contributed by atoms with Crippen molar-refractivity contribution in [3.63, 3.8) is 0 Å². The molecule has 0 aromatic heterocycles. The minimum atomic E-state index is -0.368. The first-order valence-electron chi connectivity index (χ1n) is 3.62. The van der Waals surface area contributed by atoms with Gasteiger partial charge in [-0.3, -0.25) is 0 Å². The lowest BCUT2D eigenvalue weighted by molar-refractivity contribution is 0.0414. The third-order valence-corrected chi connectivity index (χ3v) is 1.78. The predicted molar refractivity (Wildman–Crippen MR) is 39.4 cm³/mol. The molecule has 4 heteroatoms. The van der Waals surface area contributed by atoms with E-state index in [-0.39, 0.29) is 11.7 Å². The van der Waals surface area contributed by atoms with Crippen molar-refractivity contribution in [2.75, 3.05) is 20.3 Å². The summed E-state index contributed by atoms with van der Waals surface area (Å²) < 4.78 is 9.91. The van der Waals surface area contributed by atoms with Crippen LogP contribution in [0.5, 0.6) is 0 Å². The van der Waals surface area contributed by atoms with E-state index >= 15 is 0 Å². The summed E-state index contributed by atoms with van der Waals surface area (Å²) in [5.74, 6) is 0. The topological polar surface area (TPSA) is 47.6 Å². The van der Waals surface area contributed by atoms with Crippen LogP contribution in [0.1, 0.15) is 13.3 Å². The van der Waals surface area contributed by atoms with Crippen LogP contribution in [0.4, 0.5) is 4.79 Å². The number of hydrogen-bond acceptors (Lipinski definition) is 3. The molecule has 1 fully saturated rings. The van der Waals surface area contributed by atoms with E-state index in [9.17, 15) is 4.79 Å². The van der Waals surface area contributed by atoms with Crippen LogP contribution in [0, 0.1) is 0 Å². The molecule has 11 heavy (non-hydrogen) atoms. The zero-order valence-electron chi connectivity index (χ0n) is 6.85. The Morgan fingerprint density at radius 3 is 3.00 bits per heavy atom. The van der Waals surface area contributed by atoms with Crippen LogP contribution < -0.4 is 5.32 Å². The molecule has 0 spiro atoms. The molecule has 0 bridgehead atoms. The van der Waals surface area contributed by atoms with Gasteiger partial charge in [0.15, 0.2) is 0 Å². The van der Waals surface area contributed by atoms with Gasteiger partial charge in [0, 0.05) is 13.5 Å². The highest BCUT2D eigenvalue weighted by molar-refractivity contribution is 5.70. The molecule has 1 N–H and O–H groups in total. The van der Waals surface area contributed by atoms with E-state index < -0.39 is 0 Å². The molecule has 1 rings (SSSR count). The van der Waals surface area contributed by atoms with Gasteiger partial charge in [-0.2, -0.15) is 0 Å². The number of ether oxygens (including phenoxy) is 2. The molecular weight excluding hydrogens is 146 g/mol. The van der Waals surface area contributed by atoms with Gasteiger partial charge in [-0.1, -0.05) is 0 Å². The van der Waals surface area contributed by atoms with Crippen molar-refractivity contribution in [3.05, 3.63) is 0 Å². The summed E-state index contributed by atoms with van der Waals surface area (Å²) >= 11 is 0. The fraction of sp³-hybridized carbons (Fsp3) is 0.857. The second-order valence-corrected chi connectivity index (χ2v) is 2.94. The average molecular weight is 159 g/mol. The van der Waals surface area contributed by atoms with E-state index in [0.29, 0.717) is 13.2 Å². The molecule has 1 unspecified atom stereocenters. The standard InChI is InChI=1S/C7H13NO3/c1-7(3-4-10-2)5-8-6(9)11-7/h3-5H2,1-2H3,(H,8,9). The quantitative estimate of drug-likeness (QED) is 0.653. The molecule has 1 atom stereocenters. The smallest absolute Gasteiger partial charge is 0.407 e. The molecule has 64 valence electrons. The van der Waals surface area contributed by atoms with Crippen LogP contribution in [0.15, 0.2) is 0 Å². The monoisotopic (exact) mass is 159 g/mol. The number of methoxy groups -OCH3 is 1. The summed E-state index contributed by atoms with van der Waals surface area (Å²) in [6, 6.07) is 0. The van der Waals surface area contributed by atoms with Crippen LogP contribution in [0.3, 0.4) is 0 Å². The summed E-state index contributed by atoms with van der Waals surface area (Å²) in [4.78, 5) is 10.6. The summed E-state index contributed by atoms with van der Waals surface area (Å²) in [6.07, 6.45) is 0.408. The maximum Gasteiger partial charge on any atom is 0.407 e. The Bertz CT molecular complexity index is 160. The molecule has 0 aromatic carbocycles. The highest BCUT2D eigenvalue weighted by Crippen LogP contribution is 2.19. The van der Waals surface area contributed by atoms with Gasteiger partial charge >= 0.3 is 6.09 Å². The number of alkyl carbamates (subject to hydrolysis) is 1. The van der Waals surface area contributed by atoms with Gasteiger partial charge in [-0.05, 0) is 6.92 Å². The van der Waals surface area contributed by atoms with Gasteiger partial charge in [0.05, 0.1) is 13.2 Å². The van der Waals surface area contributed by atoms with Crippen molar-refractivity contribution in [1.82, 2.24) is 5.32 Å². The molecule has 0 saturated carbocycles. The van der Waals surface area contributed by atoms with Crippen LogP contribution in [0.2, 0.25) is 0 Å². The van der Waals surface area contributed by atoms with Gasteiger partial charge in [0.2, 0.25) is 0 Å².